The van der Waals surface area contributed by atoms with Crippen molar-refractivity contribution in [2.24, 2.45) is 0 Å². The van der Waals surface area contributed by atoms with Gasteiger partial charge in [-0.2, -0.15) is 0 Å². The summed E-state index contributed by atoms with van der Waals surface area (Å²) in [7, 11) is 1.66. The Morgan fingerprint density at radius 2 is 1.77 bits per heavy atom. The number of carbonyl (C=O) groups is 2. The molecule has 0 spiro atoms. The molecule has 1 aliphatic heterocycles. The Balaban J connectivity index is 1.44. The highest BCUT2D eigenvalue weighted by Gasteiger charge is 2.30. The fraction of sp³-hybridized carbons (Fsp3) is 0.600. The fourth-order valence-corrected chi connectivity index (χ4v) is 4.15. The first kappa shape index (κ1) is 18.7. The van der Waals surface area contributed by atoms with E-state index in [2.05, 4.69) is 45.1 Å². The van der Waals surface area contributed by atoms with Crippen LogP contribution in [0.2, 0.25) is 0 Å². The van der Waals surface area contributed by atoms with Gasteiger partial charge in [0, 0.05) is 38.1 Å². The van der Waals surface area contributed by atoms with E-state index >= 15 is 0 Å². The van der Waals surface area contributed by atoms with Gasteiger partial charge in [0.25, 0.3) is 0 Å². The van der Waals surface area contributed by atoms with Crippen LogP contribution in [0.15, 0.2) is 30.3 Å². The van der Waals surface area contributed by atoms with Crippen LogP contribution < -0.4 is 16.0 Å². The van der Waals surface area contributed by atoms with E-state index in [-0.39, 0.29) is 24.0 Å². The number of likely N-dealkylation sites (N-methyl/N-ethyl adjacent to an activating group) is 1. The molecule has 1 aromatic rings. The van der Waals surface area contributed by atoms with Crippen LogP contribution in [0.5, 0.6) is 0 Å². The van der Waals surface area contributed by atoms with Crippen molar-refractivity contribution >= 4 is 11.9 Å². The lowest BCUT2D eigenvalue weighted by molar-refractivity contribution is -0.122. The number of carbonyl (C=O) groups excluding carboxylic acids is 2. The molecule has 26 heavy (non-hydrogen) atoms. The lowest BCUT2D eigenvalue weighted by Gasteiger charge is -2.32. The number of piperidine rings is 1. The van der Waals surface area contributed by atoms with Crippen molar-refractivity contribution < 1.29 is 9.59 Å². The minimum Gasteiger partial charge on any atom is -0.358 e. The van der Waals surface area contributed by atoms with Crippen LogP contribution in [-0.4, -0.2) is 55.6 Å². The van der Waals surface area contributed by atoms with Gasteiger partial charge in [0.1, 0.15) is 0 Å². The quantitative estimate of drug-likeness (QED) is 0.752. The van der Waals surface area contributed by atoms with Crippen LogP contribution in [0.25, 0.3) is 0 Å². The summed E-state index contributed by atoms with van der Waals surface area (Å²) in [5.41, 5.74) is 1.32. The number of nitrogens with zero attached hydrogens (tertiary/aromatic N) is 1. The van der Waals surface area contributed by atoms with Gasteiger partial charge in [0.15, 0.2) is 0 Å². The molecule has 0 bridgehead atoms. The molecule has 0 radical (unpaired) electrons. The van der Waals surface area contributed by atoms with E-state index in [9.17, 15) is 9.59 Å². The average molecular weight is 358 g/mol. The second kappa shape index (κ2) is 9.03. The standard InChI is InChI=1S/C20H30N4O2/c1-21-19(25)14-24-12-10-16(11-13-24)22-20(26)23-18-9-5-8-17(18)15-6-3-2-4-7-15/h2-4,6-7,16-18H,5,8-14H2,1H3,(H,21,25)(H2,22,23,26). The molecule has 1 aliphatic carbocycles. The van der Waals surface area contributed by atoms with Gasteiger partial charge in [-0.1, -0.05) is 36.8 Å². The molecule has 6 heteroatoms. The summed E-state index contributed by atoms with van der Waals surface area (Å²) in [6.45, 7) is 2.12. The van der Waals surface area contributed by atoms with Gasteiger partial charge < -0.3 is 16.0 Å². The number of nitrogens with one attached hydrogen (secondary N) is 3. The summed E-state index contributed by atoms with van der Waals surface area (Å²) in [6.07, 6.45) is 5.10. The van der Waals surface area contributed by atoms with Gasteiger partial charge in [0.2, 0.25) is 5.91 Å². The van der Waals surface area contributed by atoms with Crippen molar-refractivity contribution in [1.82, 2.24) is 20.9 Å². The zero-order valence-corrected chi connectivity index (χ0v) is 15.5. The SMILES string of the molecule is CNC(=O)CN1CCC(NC(=O)NC2CCCC2c2ccccc2)CC1. The molecule has 3 N–H and O–H groups in total. The summed E-state index contributed by atoms with van der Waals surface area (Å²) >= 11 is 0. The second-order valence-electron chi connectivity index (χ2n) is 7.40. The molecule has 2 atom stereocenters. The first-order valence-corrected chi connectivity index (χ1v) is 9.70. The summed E-state index contributed by atoms with van der Waals surface area (Å²) < 4.78 is 0. The van der Waals surface area contributed by atoms with Crippen molar-refractivity contribution in [1.29, 1.82) is 0 Å². The van der Waals surface area contributed by atoms with Crippen molar-refractivity contribution in [2.45, 2.75) is 50.1 Å². The maximum absolute atomic E-state index is 12.4. The fourth-order valence-electron chi connectivity index (χ4n) is 4.15. The van der Waals surface area contributed by atoms with Gasteiger partial charge in [0.05, 0.1) is 6.54 Å². The molecule has 1 saturated heterocycles. The molecule has 3 rings (SSSR count). The number of hydrogen-bond acceptors (Lipinski definition) is 3. The number of likely N-dealkylation sites (tertiary alicyclic amines) is 1. The van der Waals surface area contributed by atoms with Crippen LogP contribution in [0, 0.1) is 0 Å². The van der Waals surface area contributed by atoms with Gasteiger partial charge >= 0.3 is 6.03 Å². The first-order valence-electron chi connectivity index (χ1n) is 9.70. The Morgan fingerprint density at radius 3 is 2.46 bits per heavy atom. The Kier molecular flexibility index (Phi) is 6.50. The zero-order chi connectivity index (χ0) is 18.4. The minimum absolute atomic E-state index is 0.0438. The highest BCUT2D eigenvalue weighted by atomic mass is 16.2. The van der Waals surface area contributed by atoms with E-state index in [1.54, 1.807) is 7.05 Å². The Morgan fingerprint density at radius 1 is 1.04 bits per heavy atom. The highest BCUT2D eigenvalue weighted by Crippen LogP contribution is 2.34. The molecule has 6 nitrogen and oxygen atoms in total. The van der Waals surface area contributed by atoms with Crippen molar-refractivity contribution in [3.05, 3.63) is 35.9 Å². The van der Waals surface area contributed by atoms with Crippen LogP contribution in [0.3, 0.4) is 0 Å². The number of urea groups is 1. The molecular weight excluding hydrogens is 328 g/mol. The molecule has 142 valence electrons. The Hall–Kier alpha value is -2.08. The lowest BCUT2D eigenvalue weighted by atomic mass is 9.94. The summed E-state index contributed by atoms with van der Waals surface area (Å²) in [4.78, 5) is 26.0. The maximum Gasteiger partial charge on any atom is 0.315 e. The first-order chi connectivity index (χ1) is 12.7. The van der Waals surface area contributed by atoms with Gasteiger partial charge in [-0.15, -0.1) is 0 Å². The van der Waals surface area contributed by atoms with Crippen LogP contribution in [0.1, 0.15) is 43.6 Å². The van der Waals surface area contributed by atoms with E-state index in [1.165, 1.54) is 5.56 Å². The zero-order valence-electron chi connectivity index (χ0n) is 15.5. The molecule has 2 fully saturated rings. The van der Waals surface area contributed by atoms with Crippen LogP contribution in [-0.2, 0) is 4.79 Å². The normalized spacial score (nSPS) is 24.2. The molecule has 3 amide bonds. The smallest absolute Gasteiger partial charge is 0.315 e. The second-order valence-corrected chi connectivity index (χ2v) is 7.40. The third-order valence-corrected chi connectivity index (χ3v) is 5.63. The van der Waals surface area contributed by atoms with Crippen molar-refractivity contribution in [3.8, 4) is 0 Å². The van der Waals surface area contributed by atoms with Crippen molar-refractivity contribution in [2.75, 3.05) is 26.7 Å². The highest BCUT2D eigenvalue weighted by molar-refractivity contribution is 5.77. The van der Waals surface area contributed by atoms with Crippen LogP contribution in [0.4, 0.5) is 4.79 Å². The lowest BCUT2D eigenvalue weighted by Crippen LogP contribution is -2.51. The average Bonchev–Trinajstić information content (AvgIpc) is 3.12. The largest absolute Gasteiger partial charge is 0.358 e. The third-order valence-electron chi connectivity index (χ3n) is 5.63. The number of amides is 3. The number of hydrogen-bond donors (Lipinski definition) is 3. The number of benzene rings is 1. The van der Waals surface area contributed by atoms with Crippen molar-refractivity contribution in [3.63, 3.8) is 0 Å². The molecule has 2 unspecified atom stereocenters. The van der Waals surface area contributed by atoms with E-state index < -0.39 is 0 Å². The summed E-state index contributed by atoms with van der Waals surface area (Å²) in [6, 6.07) is 10.8. The van der Waals surface area contributed by atoms with Gasteiger partial charge in [-0.05, 0) is 31.2 Å². The Bertz CT molecular complexity index is 599. The predicted molar refractivity (Wildman–Crippen MR) is 102 cm³/mol. The predicted octanol–water partition coefficient (Wildman–Crippen LogP) is 1.83. The topological polar surface area (TPSA) is 73.5 Å². The molecule has 0 aromatic heterocycles. The number of rotatable bonds is 5. The molecule has 1 aromatic carbocycles. The third kappa shape index (κ3) is 4.97. The van der Waals surface area contributed by atoms with E-state index in [0.717, 1.165) is 45.2 Å². The van der Waals surface area contributed by atoms with Crippen LogP contribution >= 0.6 is 0 Å². The molecule has 1 saturated carbocycles. The summed E-state index contributed by atoms with van der Waals surface area (Å²) in [5.74, 6) is 0.457. The van der Waals surface area contributed by atoms with E-state index in [1.807, 2.05) is 6.07 Å². The van der Waals surface area contributed by atoms with E-state index in [4.69, 9.17) is 0 Å². The molecule has 2 aliphatic rings. The minimum atomic E-state index is -0.0532. The van der Waals surface area contributed by atoms with Gasteiger partial charge in [-0.25, -0.2) is 4.79 Å². The van der Waals surface area contributed by atoms with E-state index in [0.29, 0.717) is 12.5 Å². The molecule has 1 heterocycles. The Labute approximate surface area is 155 Å². The van der Waals surface area contributed by atoms with Gasteiger partial charge in [-0.3, -0.25) is 9.69 Å². The monoisotopic (exact) mass is 358 g/mol. The molecular formula is C20H30N4O2. The maximum atomic E-state index is 12.4. The summed E-state index contributed by atoms with van der Waals surface area (Å²) in [5, 5.41) is 8.98.